The predicted molar refractivity (Wildman–Crippen MR) is 95.5 cm³/mol. The van der Waals surface area contributed by atoms with E-state index < -0.39 is 12.1 Å². The van der Waals surface area contributed by atoms with E-state index in [4.69, 9.17) is 4.74 Å². The van der Waals surface area contributed by atoms with E-state index in [1.54, 1.807) is 6.08 Å². The van der Waals surface area contributed by atoms with Crippen LogP contribution in [0.1, 0.15) is 52.9 Å². The number of rotatable bonds is 10. The van der Waals surface area contributed by atoms with Gasteiger partial charge < -0.3 is 9.84 Å². The molecule has 0 aliphatic carbocycles. The molecule has 0 spiro atoms. The molecular weight excluding hydrogens is 304 g/mol. The molecule has 0 aromatic heterocycles. The molecule has 1 aliphatic heterocycles. The molecule has 1 aliphatic rings. The van der Waals surface area contributed by atoms with Gasteiger partial charge in [0.15, 0.2) is 0 Å². The number of carbonyl (C=O) groups excluding carboxylic acids is 2. The topological polar surface area (TPSA) is 63.6 Å². The number of aldehydes is 1. The lowest BCUT2D eigenvalue weighted by molar-refractivity contribution is -0.135. The zero-order chi connectivity index (χ0) is 17.9. The lowest BCUT2D eigenvalue weighted by Crippen LogP contribution is -2.10. The highest BCUT2D eigenvalue weighted by Crippen LogP contribution is 2.16. The van der Waals surface area contributed by atoms with Gasteiger partial charge >= 0.3 is 5.97 Å². The van der Waals surface area contributed by atoms with Gasteiger partial charge in [0, 0.05) is 11.6 Å². The number of aliphatic hydroxyl groups excluding tert-OH is 1. The van der Waals surface area contributed by atoms with Crippen molar-refractivity contribution < 1.29 is 19.4 Å². The molecule has 0 radical (unpaired) electrons. The molecule has 1 N–H and O–H groups in total. The standard InChI is InChI=1S/C20H28O4/c1-15(2)6-4-7-16(3)8-5-9-17(13-21)10-11-19(22)18-12-20(23)24-14-18/h6,8,10,12-13,19,22H,4-5,7,9,11,14H2,1-3H3/b16-8+,17-10+. The van der Waals surface area contributed by atoms with Crippen LogP contribution in [0.2, 0.25) is 0 Å². The van der Waals surface area contributed by atoms with E-state index in [2.05, 4.69) is 32.9 Å². The highest BCUT2D eigenvalue weighted by Gasteiger charge is 2.19. The monoisotopic (exact) mass is 332 g/mol. The highest BCUT2D eigenvalue weighted by atomic mass is 16.5. The maximum Gasteiger partial charge on any atom is 0.331 e. The molecule has 0 aromatic rings. The average molecular weight is 332 g/mol. The Morgan fingerprint density at radius 2 is 1.92 bits per heavy atom. The quantitative estimate of drug-likeness (QED) is 0.286. The van der Waals surface area contributed by atoms with E-state index in [0.29, 0.717) is 24.0 Å². The Labute approximate surface area is 144 Å². The molecule has 4 nitrogen and oxygen atoms in total. The molecule has 0 aromatic carbocycles. The van der Waals surface area contributed by atoms with Crippen molar-refractivity contribution in [3.05, 3.63) is 46.6 Å². The van der Waals surface area contributed by atoms with Crippen molar-refractivity contribution in [3.63, 3.8) is 0 Å². The summed E-state index contributed by atoms with van der Waals surface area (Å²) in [6.45, 7) is 6.44. The van der Waals surface area contributed by atoms with Crippen molar-refractivity contribution in [2.75, 3.05) is 6.61 Å². The van der Waals surface area contributed by atoms with E-state index in [1.165, 1.54) is 17.2 Å². The number of carbonyl (C=O) groups is 2. The number of esters is 1. The molecule has 0 saturated carbocycles. The van der Waals surface area contributed by atoms with Crippen molar-refractivity contribution in [1.29, 1.82) is 0 Å². The number of hydrogen-bond acceptors (Lipinski definition) is 4. The number of ether oxygens (including phenoxy) is 1. The number of hydrogen-bond donors (Lipinski definition) is 1. The van der Waals surface area contributed by atoms with Gasteiger partial charge in [-0.25, -0.2) is 4.79 Å². The zero-order valence-corrected chi connectivity index (χ0v) is 14.9. The largest absolute Gasteiger partial charge is 0.458 e. The zero-order valence-electron chi connectivity index (χ0n) is 14.9. The minimum absolute atomic E-state index is 0.137. The van der Waals surface area contributed by atoms with Crippen LogP contribution in [0.4, 0.5) is 0 Å². The summed E-state index contributed by atoms with van der Waals surface area (Å²) in [5.41, 5.74) is 3.89. The van der Waals surface area contributed by atoms with Crippen molar-refractivity contribution in [1.82, 2.24) is 0 Å². The number of allylic oxidation sites excluding steroid dienone is 5. The van der Waals surface area contributed by atoms with Crippen LogP contribution in [0.15, 0.2) is 46.6 Å². The van der Waals surface area contributed by atoms with Crippen molar-refractivity contribution in [2.24, 2.45) is 0 Å². The fourth-order valence-electron chi connectivity index (χ4n) is 2.38. The molecule has 1 atom stereocenters. The summed E-state index contributed by atoms with van der Waals surface area (Å²) in [7, 11) is 0. The van der Waals surface area contributed by atoms with Crippen LogP contribution in [0.5, 0.6) is 0 Å². The first-order valence-corrected chi connectivity index (χ1v) is 8.41. The van der Waals surface area contributed by atoms with Crippen LogP contribution in [-0.4, -0.2) is 30.1 Å². The SMILES string of the molecule is CC(C)=CCC/C(C)=C/CC/C(C=O)=C\CC(O)C1=CC(=O)OC1. The molecule has 24 heavy (non-hydrogen) atoms. The van der Waals surface area contributed by atoms with Gasteiger partial charge in [0.25, 0.3) is 0 Å². The van der Waals surface area contributed by atoms with E-state index in [0.717, 1.165) is 25.5 Å². The maximum absolute atomic E-state index is 11.1. The fourth-order valence-corrected chi connectivity index (χ4v) is 2.38. The minimum atomic E-state index is -0.771. The smallest absolute Gasteiger partial charge is 0.331 e. The van der Waals surface area contributed by atoms with E-state index in [9.17, 15) is 14.7 Å². The van der Waals surface area contributed by atoms with Crippen molar-refractivity contribution >= 4 is 12.3 Å². The second-order valence-electron chi connectivity index (χ2n) is 6.38. The molecule has 0 fully saturated rings. The van der Waals surface area contributed by atoms with Crippen molar-refractivity contribution in [3.8, 4) is 0 Å². The van der Waals surface area contributed by atoms with Gasteiger partial charge in [-0.3, -0.25) is 4.79 Å². The first kappa shape index (κ1) is 20.1. The van der Waals surface area contributed by atoms with Gasteiger partial charge in [-0.1, -0.05) is 29.4 Å². The normalized spacial score (nSPS) is 16.5. The summed E-state index contributed by atoms with van der Waals surface area (Å²) in [5, 5.41) is 9.99. The van der Waals surface area contributed by atoms with Gasteiger partial charge in [0.1, 0.15) is 12.9 Å². The third-order valence-corrected chi connectivity index (χ3v) is 3.88. The van der Waals surface area contributed by atoms with Gasteiger partial charge in [0.05, 0.1) is 6.10 Å². The van der Waals surface area contributed by atoms with E-state index in [1.807, 2.05) is 0 Å². The van der Waals surface area contributed by atoms with Crippen molar-refractivity contribution in [2.45, 2.75) is 59.0 Å². The van der Waals surface area contributed by atoms with Gasteiger partial charge in [-0.15, -0.1) is 0 Å². The number of aliphatic hydroxyl groups is 1. The number of cyclic esters (lactones) is 1. The summed E-state index contributed by atoms with van der Waals surface area (Å²) in [6.07, 6.45) is 11.4. The van der Waals surface area contributed by atoms with Gasteiger partial charge in [0.2, 0.25) is 0 Å². The Morgan fingerprint density at radius 3 is 2.50 bits per heavy atom. The minimum Gasteiger partial charge on any atom is -0.458 e. The molecule has 132 valence electrons. The van der Waals surface area contributed by atoms with Gasteiger partial charge in [-0.05, 0) is 58.4 Å². The second-order valence-corrected chi connectivity index (χ2v) is 6.38. The molecule has 0 amide bonds. The molecule has 1 rings (SSSR count). The second kappa shape index (κ2) is 10.8. The average Bonchev–Trinajstić information content (AvgIpc) is 2.96. The van der Waals surface area contributed by atoms with Crippen LogP contribution in [0, 0.1) is 0 Å². The Balaban J connectivity index is 2.40. The van der Waals surface area contributed by atoms with Crippen LogP contribution >= 0.6 is 0 Å². The Kier molecular flexibility index (Phi) is 9.02. The maximum atomic E-state index is 11.1. The first-order chi connectivity index (χ1) is 11.4. The van der Waals surface area contributed by atoms with Crippen LogP contribution in [0.3, 0.4) is 0 Å². The Morgan fingerprint density at radius 1 is 1.21 bits per heavy atom. The summed E-state index contributed by atoms with van der Waals surface area (Å²) >= 11 is 0. The lowest BCUT2D eigenvalue weighted by atomic mass is 10.0. The summed E-state index contributed by atoms with van der Waals surface area (Å²) in [4.78, 5) is 22.1. The van der Waals surface area contributed by atoms with Crippen LogP contribution < -0.4 is 0 Å². The molecule has 0 bridgehead atoms. The lowest BCUT2D eigenvalue weighted by Gasteiger charge is -2.08. The van der Waals surface area contributed by atoms with Crippen LogP contribution in [-0.2, 0) is 14.3 Å². The third-order valence-electron chi connectivity index (χ3n) is 3.88. The highest BCUT2D eigenvalue weighted by molar-refractivity contribution is 5.85. The summed E-state index contributed by atoms with van der Waals surface area (Å²) < 4.78 is 4.76. The summed E-state index contributed by atoms with van der Waals surface area (Å²) in [5.74, 6) is -0.419. The Bertz CT molecular complexity index is 560. The van der Waals surface area contributed by atoms with Crippen LogP contribution in [0.25, 0.3) is 0 Å². The fraction of sp³-hybridized carbons (Fsp3) is 0.500. The molecular formula is C20H28O4. The van der Waals surface area contributed by atoms with E-state index in [-0.39, 0.29) is 6.61 Å². The molecule has 1 heterocycles. The van der Waals surface area contributed by atoms with E-state index >= 15 is 0 Å². The molecule has 1 unspecified atom stereocenters. The molecule has 0 saturated heterocycles. The molecule has 4 heteroatoms. The third kappa shape index (κ3) is 8.06. The summed E-state index contributed by atoms with van der Waals surface area (Å²) in [6, 6.07) is 0. The first-order valence-electron chi connectivity index (χ1n) is 8.41. The predicted octanol–water partition coefficient (Wildman–Crippen LogP) is 3.82. The van der Waals surface area contributed by atoms with Gasteiger partial charge in [-0.2, -0.15) is 0 Å². The Hall–Kier alpha value is -1.94.